The van der Waals surface area contributed by atoms with E-state index in [4.69, 9.17) is 0 Å². The average molecular weight is 526 g/mol. The van der Waals surface area contributed by atoms with E-state index in [0.717, 1.165) is 6.42 Å². The van der Waals surface area contributed by atoms with Crippen LogP contribution in [-0.2, 0) is 22.9 Å². The van der Waals surface area contributed by atoms with E-state index in [1.54, 1.807) is 8.13 Å². The van der Waals surface area contributed by atoms with Crippen molar-refractivity contribution in [2.24, 2.45) is 0 Å². The van der Waals surface area contributed by atoms with Crippen molar-refractivity contribution < 1.29 is 47.7 Å². The molecule has 7 heteroatoms. The molecule has 0 bridgehead atoms. The molecule has 0 saturated heterocycles. The topological polar surface area (TPSA) is 43.6 Å². The van der Waals surface area contributed by atoms with Crippen molar-refractivity contribution in [2.45, 2.75) is 23.9 Å². The van der Waals surface area contributed by atoms with Crippen molar-refractivity contribution in [1.82, 2.24) is 20.2 Å². The quantitative estimate of drug-likeness (QED) is 0.415. The summed E-state index contributed by atoms with van der Waals surface area (Å²) in [6, 6.07) is 8.69. The first-order valence-electron chi connectivity index (χ1n) is 7.41. The molecule has 1 atom stereocenters. The number of allylic oxidation sites excluding steroid dienone is 5. The monoisotopic (exact) mass is 526 g/mol. The number of hydrogen-bond acceptors (Lipinski definition) is 3. The third-order valence-corrected chi connectivity index (χ3v) is 11.0. The van der Waals surface area contributed by atoms with Gasteiger partial charge in [-0.2, -0.15) is 0 Å². The average Bonchev–Trinajstić information content (AvgIpc) is 3.23. The van der Waals surface area contributed by atoms with Crippen LogP contribution in [0.3, 0.4) is 0 Å². The molecule has 2 aromatic rings. The molecule has 1 heterocycles. The van der Waals surface area contributed by atoms with E-state index in [2.05, 4.69) is 65.7 Å². The maximum absolute atomic E-state index is 4.27. The van der Waals surface area contributed by atoms with Gasteiger partial charge < -0.3 is 24.8 Å². The summed E-state index contributed by atoms with van der Waals surface area (Å²) in [7, 11) is 0. The van der Waals surface area contributed by atoms with Gasteiger partial charge in [-0.1, -0.05) is 0 Å². The van der Waals surface area contributed by atoms with Crippen LogP contribution in [0.5, 0.6) is 0 Å². The standard InChI is InChI=1S/C10H7N4.C7H9.2ClH.Hf/c1-2-4-9-6-10(5-8(9)3-1)14-12-7-11-13-14;1-6-4-3-5-7(6)2;;;/h1-7H;4H,3H2,1-2H3;2*1H;/q;;;;+2/p-2. The maximum Gasteiger partial charge on any atom is -1.00 e. The predicted molar refractivity (Wildman–Crippen MR) is 82.2 cm³/mol. The van der Waals surface area contributed by atoms with Crippen LogP contribution in [-0.4, -0.2) is 20.2 Å². The van der Waals surface area contributed by atoms with Gasteiger partial charge in [0.25, 0.3) is 0 Å². The number of aromatic nitrogens is 4. The number of fused-ring (bicyclic) bond motifs is 1. The van der Waals surface area contributed by atoms with Crippen LogP contribution in [0.4, 0.5) is 0 Å². The van der Waals surface area contributed by atoms with E-state index >= 15 is 0 Å². The van der Waals surface area contributed by atoms with Gasteiger partial charge in [0.1, 0.15) is 0 Å². The van der Waals surface area contributed by atoms with Gasteiger partial charge in [0.15, 0.2) is 0 Å². The molecular formula is C17H16Cl2HfN4. The first-order valence-corrected chi connectivity index (χ1v) is 11.3. The Hall–Kier alpha value is -1.04. The third kappa shape index (κ3) is 3.35. The van der Waals surface area contributed by atoms with Gasteiger partial charge in [0.2, 0.25) is 0 Å². The molecule has 1 unspecified atom stereocenters. The van der Waals surface area contributed by atoms with Crippen molar-refractivity contribution in [3.05, 3.63) is 62.3 Å². The van der Waals surface area contributed by atoms with Crippen LogP contribution in [0, 0.1) is 0 Å². The molecule has 2 aliphatic rings. The molecule has 1 aromatic heterocycles. The summed E-state index contributed by atoms with van der Waals surface area (Å²) >= 11 is -1.06. The van der Waals surface area contributed by atoms with E-state index in [0.29, 0.717) is 3.67 Å². The van der Waals surface area contributed by atoms with Gasteiger partial charge >= 0.3 is 141 Å². The molecule has 24 heavy (non-hydrogen) atoms. The van der Waals surface area contributed by atoms with Gasteiger partial charge in [-0.3, -0.25) is 0 Å². The maximum atomic E-state index is 4.27. The predicted octanol–water partition coefficient (Wildman–Crippen LogP) is -2.56. The minimum atomic E-state index is -1.06. The van der Waals surface area contributed by atoms with E-state index in [-0.39, 0.29) is 24.8 Å². The van der Waals surface area contributed by atoms with E-state index in [1.807, 2.05) is 0 Å². The Labute approximate surface area is 165 Å². The third-order valence-electron chi connectivity index (χ3n) is 4.46. The molecule has 0 radical (unpaired) electrons. The minimum Gasteiger partial charge on any atom is -1.00 e. The molecule has 0 saturated carbocycles. The second kappa shape index (κ2) is 7.89. The Morgan fingerprint density at radius 3 is 2.62 bits per heavy atom. The molecule has 2 aliphatic carbocycles. The fourth-order valence-corrected chi connectivity index (χ4v) is 9.34. The second-order valence-corrected chi connectivity index (χ2v) is 11.0. The number of halogens is 2. The number of rotatable bonds is 3. The SMILES string of the molecule is CC1=CC[C]([Hf+2][CH]2C(n3ncnn3)=Cc3ccccc32)=C1C.[Cl-].[Cl-]. The summed E-state index contributed by atoms with van der Waals surface area (Å²) in [6.45, 7) is 4.50. The summed E-state index contributed by atoms with van der Waals surface area (Å²) in [6.07, 6.45) is 7.27. The van der Waals surface area contributed by atoms with E-state index < -0.39 is 22.9 Å². The van der Waals surface area contributed by atoms with E-state index in [1.165, 1.54) is 34.3 Å². The van der Waals surface area contributed by atoms with E-state index in [9.17, 15) is 0 Å². The number of benzene rings is 1. The molecular weight excluding hydrogens is 510 g/mol. The zero-order valence-corrected chi connectivity index (χ0v) is 18.5. The minimum absolute atomic E-state index is 0. The fourth-order valence-electron chi connectivity index (χ4n) is 3.06. The first-order chi connectivity index (χ1) is 10.7. The molecule has 0 spiro atoms. The van der Waals surface area contributed by atoms with Crippen molar-refractivity contribution >= 4 is 11.8 Å². The Kier molecular flexibility index (Phi) is 6.34. The van der Waals surface area contributed by atoms with Crippen molar-refractivity contribution in [2.75, 3.05) is 0 Å². The molecule has 122 valence electrons. The number of hydrogen-bond donors (Lipinski definition) is 0. The first kappa shape index (κ1) is 19.3. The van der Waals surface area contributed by atoms with Crippen LogP contribution in [0.1, 0.15) is 35.1 Å². The smallest absolute Gasteiger partial charge is 1.00 e. The van der Waals surface area contributed by atoms with Crippen molar-refractivity contribution in [3.8, 4) is 0 Å². The largest absolute Gasteiger partial charge is 1.00 e. The van der Waals surface area contributed by atoms with Crippen molar-refractivity contribution in [3.63, 3.8) is 0 Å². The summed E-state index contributed by atoms with van der Waals surface area (Å²) in [4.78, 5) is 1.71. The van der Waals surface area contributed by atoms with Crippen LogP contribution in [0.15, 0.2) is 51.1 Å². The zero-order chi connectivity index (χ0) is 15.1. The summed E-state index contributed by atoms with van der Waals surface area (Å²) in [5.74, 6) is 0. The van der Waals surface area contributed by atoms with Gasteiger partial charge in [-0.25, -0.2) is 0 Å². The van der Waals surface area contributed by atoms with Gasteiger partial charge in [-0.05, 0) is 0 Å². The van der Waals surface area contributed by atoms with Crippen LogP contribution in [0.25, 0.3) is 11.8 Å². The van der Waals surface area contributed by atoms with Crippen molar-refractivity contribution in [1.29, 1.82) is 0 Å². The van der Waals surface area contributed by atoms with Gasteiger partial charge in [0.05, 0.1) is 0 Å². The second-order valence-electron chi connectivity index (χ2n) is 5.70. The van der Waals surface area contributed by atoms with Gasteiger partial charge in [0, 0.05) is 0 Å². The molecule has 0 fully saturated rings. The summed E-state index contributed by atoms with van der Waals surface area (Å²) in [5.41, 5.74) is 6.94. The van der Waals surface area contributed by atoms with Gasteiger partial charge in [-0.15, -0.1) is 0 Å². The fraction of sp³-hybridized carbons (Fsp3) is 0.235. The summed E-state index contributed by atoms with van der Waals surface area (Å²) in [5, 5.41) is 12.3. The Morgan fingerprint density at radius 1 is 1.17 bits per heavy atom. The Balaban J connectivity index is 0.00000104. The zero-order valence-electron chi connectivity index (χ0n) is 13.4. The molecule has 0 aliphatic heterocycles. The number of nitrogens with zero attached hydrogens (tertiary/aromatic N) is 4. The summed E-state index contributed by atoms with van der Waals surface area (Å²) < 4.78 is 2.21. The molecule has 4 rings (SSSR count). The molecule has 1 aromatic carbocycles. The Morgan fingerprint density at radius 2 is 1.96 bits per heavy atom. The molecule has 4 nitrogen and oxygen atoms in total. The normalized spacial score (nSPS) is 18.2. The van der Waals surface area contributed by atoms with Crippen LogP contribution >= 0.6 is 0 Å². The molecule has 0 N–H and O–H groups in total. The molecule has 0 amide bonds. The Bertz CT molecular complexity index is 825. The van der Waals surface area contributed by atoms with Crippen LogP contribution in [0.2, 0.25) is 0 Å². The number of tetrazole rings is 1. The van der Waals surface area contributed by atoms with Crippen LogP contribution < -0.4 is 24.8 Å².